The van der Waals surface area contributed by atoms with Gasteiger partial charge in [0.2, 0.25) is 5.36 Å². The SMILES string of the molecule is CCN1CCOc2cc3nc4ccc(=[N+](CC)CC)cc-4oc3cc21. The lowest BCUT2D eigenvalue weighted by molar-refractivity contribution is 0.308. The fourth-order valence-corrected chi connectivity index (χ4v) is 3.50. The molecule has 2 heterocycles. The number of benzene rings is 2. The summed E-state index contributed by atoms with van der Waals surface area (Å²) in [6.45, 7) is 11.0. The van der Waals surface area contributed by atoms with Crippen LogP contribution in [-0.2, 0) is 0 Å². The molecular formula is C20H24N3O2+. The van der Waals surface area contributed by atoms with E-state index in [1.165, 1.54) is 5.36 Å². The normalized spacial score (nSPS) is 13.8. The van der Waals surface area contributed by atoms with Crippen molar-refractivity contribution in [3.63, 3.8) is 0 Å². The second kappa shape index (κ2) is 6.39. The Hall–Kier alpha value is -2.56. The summed E-state index contributed by atoms with van der Waals surface area (Å²) in [7, 11) is 0. The van der Waals surface area contributed by atoms with E-state index in [0.717, 1.165) is 60.2 Å². The van der Waals surface area contributed by atoms with Crippen LogP contribution in [0, 0.1) is 0 Å². The summed E-state index contributed by atoms with van der Waals surface area (Å²) < 4.78 is 14.3. The number of rotatable bonds is 3. The molecule has 1 aliphatic carbocycles. The van der Waals surface area contributed by atoms with Crippen molar-refractivity contribution in [1.82, 2.24) is 9.56 Å². The molecule has 2 aliphatic heterocycles. The van der Waals surface area contributed by atoms with Crippen molar-refractivity contribution < 1.29 is 9.15 Å². The molecule has 0 bridgehead atoms. The molecule has 3 aliphatic rings. The number of hydrogen-bond donors (Lipinski definition) is 0. The molecule has 0 saturated carbocycles. The van der Waals surface area contributed by atoms with Gasteiger partial charge in [0.1, 0.15) is 36.7 Å². The third kappa shape index (κ3) is 2.73. The van der Waals surface area contributed by atoms with Crippen LogP contribution >= 0.6 is 0 Å². The first-order chi connectivity index (χ1) is 12.2. The third-order valence-corrected chi connectivity index (χ3v) is 4.91. The molecule has 0 atom stereocenters. The van der Waals surface area contributed by atoms with Gasteiger partial charge in [-0.15, -0.1) is 0 Å². The molecule has 0 unspecified atom stereocenters. The maximum Gasteiger partial charge on any atom is 0.203 e. The first-order valence-electron chi connectivity index (χ1n) is 9.07. The number of aromatic nitrogens is 1. The van der Waals surface area contributed by atoms with Gasteiger partial charge in [-0.2, -0.15) is 0 Å². The van der Waals surface area contributed by atoms with Crippen molar-refractivity contribution in [1.29, 1.82) is 0 Å². The van der Waals surface area contributed by atoms with Crippen LogP contribution in [0.1, 0.15) is 20.8 Å². The summed E-state index contributed by atoms with van der Waals surface area (Å²) in [5.41, 5.74) is 3.59. The molecule has 0 saturated heterocycles. The standard InChI is InChI=1S/C20H24N3O2/c1-4-22(5-2)14-7-8-15-18(11-14)25-19-13-17-20(12-16(19)21-15)24-10-9-23(17)6-3/h7-8,11-13H,4-6,9-10H2,1-3H3/q+1. The second-order valence-corrected chi connectivity index (χ2v) is 6.25. The van der Waals surface area contributed by atoms with Gasteiger partial charge in [-0.3, -0.25) is 0 Å². The fourth-order valence-electron chi connectivity index (χ4n) is 3.50. The zero-order valence-corrected chi connectivity index (χ0v) is 15.1. The van der Waals surface area contributed by atoms with Crippen LogP contribution in [0.5, 0.6) is 5.75 Å². The summed E-state index contributed by atoms with van der Waals surface area (Å²) in [5, 5.41) is 1.17. The van der Waals surface area contributed by atoms with Gasteiger partial charge in [0, 0.05) is 24.7 Å². The highest BCUT2D eigenvalue weighted by Gasteiger charge is 2.20. The van der Waals surface area contributed by atoms with Crippen LogP contribution < -0.4 is 19.6 Å². The minimum Gasteiger partial charge on any atom is -0.489 e. The van der Waals surface area contributed by atoms with Crippen molar-refractivity contribution in [3.8, 4) is 17.2 Å². The van der Waals surface area contributed by atoms with Crippen LogP contribution in [0.25, 0.3) is 22.6 Å². The summed E-state index contributed by atoms with van der Waals surface area (Å²) in [4.78, 5) is 7.09. The van der Waals surface area contributed by atoms with E-state index >= 15 is 0 Å². The minimum atomic E-state index is 0.713. The van der Waals surface area contributed by atoms with Gasteiger partial charge in [0.15, 0.2) is 11.3 Å². The van der Waals surface area contributed by atoms with Gasteiger partial charge >= 0.3 is 0 Å². The summed E-state index contributed by atoms with van der Waals surface area (Å²) in [6, 6.07) is 10.3. The first kappa shape index (κ1) is 15.9. The zero-order chi connectivity index (χ0) is 17.4. The molecule has 5 heteroatoms. The lowest BCUT2D eigenvalue weighted by Crippen LogP contribution is -2.32. The number of hydrogen-bond acceptors (Lipinski definition) is 4. The number of likely N-dealkylation sites (N-methyl/N-ethyl adjacent to an activating group) is 1. The van der Waals surface area contributed by atoms with Crippen molar-refractivity contribution in [3.05, 3.63) is 35.7 Å². The Kier molecular flexibility index (Phi) is 4.07. The molecule has 0 radical (unpaired) electrons. The predicted octanol–water partition coefficient (Wildman–Crippen LogP) is 2.96. The largest absolute Gasteiger partial charge is 0.489 e. The van der Waals surface area contributed by atoms with Gasteiger partial charge in [-0.25, -0.2) is 9.56 Å². The van der Waals surface area contributed by atoms with E-state index in [1.54, 1.807) is 0 Å². The average Bonchev–Trinajstić information content (AvgIpc) is 2.65. The molecule has 0 fully saturated rings. The maximum absolute atomic E-state index is 6.21. The van der Waals surface area contributed by atoms with E-state index < -0.39 is 0 Å². The Balaban J connectivity index is 1.94. The van der Waals surface area contributed by atoms with Crippen molar-refractivity contribution in [2.75, 3.05) is 37.7 Å². The van der Waals surface area contributed by atoms with Gasteiger partial charge < -0.3 is 14.1 Å². The average molecular weight is 338 g/mol. The molecule has 5 nitrogen and oxygen atoms in total. The molecule has 130 valence electrons. The minimum absolute atomic E-state index is 0.713. The highest BCUT2D eigenvalue weighted by molar-refractivity contribution is 5.84. The van der Waals surface area contributed by atoms with E-state index in [9.17, 15) is 0 Å². The van der Waals surface area contributed by atoms with Crippen molar-refractivity contribution in [2.24, 2.45) is 0 Å². The lowest BCUT2D eigenvalue weighted by Gasteiger charge is -2.30. The first-order valence-corrected chi connectivity index (χ1v) is 9.07. The quantitative estimate of drug-likeness (QED) is 0.544. The molecular weight excluding hydrogens is 314 g/mol. The highest BCUT2D eigenvalue weighted by Crippen LogP contribution is 2.36. The van der Waals surface area contributed by atoms with Gasteiger partial charge in [0.25, 0.3) is 0 Å². The summed E-state index contributed by atoms with van der Waals surface area (Å²) in [5.74, 6) is 1.71. The van der Waals surface area contributed by atoms with Crippen LogP contribution in [0.2, 0.25) is 0 Å². The summed E-state index contributed by atoms with van der Waals surface area (Å²) in [6.07, 6.45) is 0. The number of ether oxygens (including phenoxy) is 1. The predicted molar refractivity (Wildman–Crippen MR) is 100 cm³/mol. The Morgan fingerprint density at radius 1 is 1.12 bits per heavy atom. The number of anilines is 1. The van der Waals surface area contributed by atoms with E-state index in [4.69, 9.17) is 14.1 Å². The van der Waals surface area contributed by atoms with Gasteiger partial charge in [-0.1, -0.05) is 0 Å². The molecule has 0 aromatic heterocycles. The van der Waals surface area contributed by atoms with E-state index in [1.807, 2.05) is 12.1 Å². The molecule has 0 spiro atoms. The van der Waals surface area contributed by atoms with E-state index in [-0.39, 0.29) is 0 Å². The zero-order valence-electron chi connectivity index (χ0n) is 15.1. The van der Waals surface area contributed by atoms with E-state index in [0.29, 0.717) is 6.61 Å². The lowest BCUT2D eigenvalue weighted by atomic mass is 10.2. The molecule has 25 heavy (non-hydrogen) atoms. The second-order valence-electron chi connectivity index (χ2n) is 6.25. The van der Waals surface area contributed by atoms with Crippen LogP contribution in [0.3, 0.4) is 0 Å². The highest BCUT2D eigenvalue weighted by atomic mass is 16.5. The summed E-state index contributed by atoms with van der Waals surface area (Å²) >= 11 is 0. The Bertz CT molecular complexity index is 955. The Morgan fingerprint density at radius 3 is 2.72 bits per heavy atom. The van der Waals surface area contributed by atoms with Crippen LogP contribution in [-0.4, -0.2) is 37.8 Å². The molecule has 4 rings (SSSR count). The molecule has 0 N–H and O–H groups in total. The fraction of sp³-hybridized carbons (Fsp3) is 0.400. The van der Waals surface area contributed by atoms with Crippen molar-refractivity contribution >= 4 is 16.8 Å². The van der Waals surface area contributed by atoms with Crippen LogP contribution in [0.15, 0.2) is 34.7 Å². The van der Waals surface area contributed by atoms with Gasteiger partial charge in [0.05, 0.1) is 18.3 Å². The molecule has 1 aromatic rings. The topological polar surface area (TPSA) is 41.5 Å². The Morgan fingerprint density at radius 2 is 1.96 bits per heavy atom. The van der Waals surface area contributed by atoms with E-state index in [2.05, 4.69) is 48.4 Å². The number of nitrogens with zero attached hydrogens (tertiary/aromatic N) is 3. The number of fused-ring (bicyclic) bond motifs is 3. The maximum atomic E-state index is 6.21. The van der Waals surface area contributed by atoms with Crippen LogP contribution in [0.4, 0.5) is 5.69 Å². The smallest absolute Gasteiger partial charge is 0.203 e. The Labute approximate surface area is 147 Å². The van der Waals surface area contributed by atoms with Gasteiger partial charge in [-0.05, 0) is 26.8 Å². The molecule has 1 aromatic carbocycles. The van der Waals surface area contributed by atoms with Crippen molar-refractivity contribution in [2.45, 2.75) is 20.8 Å². The monoisotopic (exact) mass is 338 g/mol. The molecule has 0 amide bonds. The third-order valence-electron chi connectivity index (χ3n) is 4.91.